The summed E-state index contributed by atoms with van der Waals surface area (Å²) in [6, 6.07) is 22.1. The minimum absolute atomic E-state index is 0.0802. The Morgan fingerprint density at radius 3 is 1.93 bits per heavy atom. The van der Waals surface area contributed by atoms with Gasteiger partial charge >= 0.3 is 0 Å². The van der Waals surface area contributed by atoms with Crippen LogP contribution < -0.4 is 0 Å². The van der Waals surface area contributed by atoms with Gasteiger partial charge in [0, 0.05) is 40.9 Å². The fourth-order valence-electron chi connectivity index (χ4n) is 4.56. The van der Waals surface area contributed by atoms with Crippen molar-refractivity contribution in [3.8, 4) is 0 Å². The van der Waals surface area contributed by atoms with Crippen LogP contribution in [-0.2, 0) is 0 Å². The first-order valence-corrected chi connectivity index (χ1v) is 10.3. The lowest BCUT2D eigenvalue weighted by Gasteiger charge is -2.32. The molecular formula is C26H21NO3. The smallest absolute Gasteiger partial charge is 0.253 e. The summed E-state index contributed by atoms with van der Waals surface area (Å²) in [5, 5.41) is 0. The normalized spacial score (nSPS) is 16.2. The first-order valence-electron chi connectivity index (χ1n) is 10.3. The number of ketones is 2. The quantitative estimate of drug-likeness (QED) is 0.503. The van der Waals surface area contributed by atoms with Crippen LogP contribution in [0.5, 0.6) is 0 Å². The number of amides is 1. The highest BCUT2D eigenvalue weighted by molar-refractivity contribution is 6.28. The number of rotatable bonds is 2. The molecule has 5 rings (SSSR count). The maximum absolute atomic E-state index is 13.1. The van der Waals surface area contributed by atoms with Crippen molar-refractivity contribution >= 4 is 17.5 Å². The molecule has 0 aromatic heterocycles. The number of benzene rings is 3. The maximum atomic E-state index is 13.1. The van der Waals surface area contributed by atoms with E-state index in [-0.39, 0.29) is 17.5 Å². The molecule has 4 heteroatoms. The molecule has 1 heterocycles. The Morgan fingerprint density at radius 2 is 1.27 bits per heavy atom. The maximum Gasteiger partial charge on any atom is 0.253 e. The Morgan fingerprint density at radius 1 is 0.700 bits per heavy atom. The van der Waals surface area contributed by atoms with E-state index in [1.807, 2.05) is 11.0 Å². The van der Waals surface area contributed by atoms with Crippen molar-refractivity contribution in [3.05, 3.63) is 106 Å². The van der Waals surface area contributed by atoms with Crippen LogP contribution in [0.2, 0.25) is 0 Å². The number of carbonyl (C=O) groups is 3. The van der Waals surface area contributed by atoms with Crippen molar-refractivity contribution in [3.63, 3.8) is 0 Å². The molecule has 3 aromatic rings. The van der Waals surface area contributed by atoms with Crippen molar-refractivity contribution in [1.29, 1.82) is 0 Å². The Kier molecular flexibility index (Phi) is 4.55. The average molecular weight is 395 g/mol. The molecule has 0 spiro atoms. The van der Waals surface area contributed by atoms with Crippen molar-refractivity contribution < 1.29 is 14.4 Å². The molecule has 0 N–H and O–H groups in total. The second-order valence-corrected chi connectivity index (χ2v) is 7.94. The SMILES string of the molecule is O=C1c2ccccc2C(=O)c2cc(C(=O)N3CCC(c4ccccc4)CC3)ccc21. The molecule has 2 aliphatic rings. The lowest BCUT2D eigenvalue weighted by atomic mass is 9.83. The first kappa shape index (κ1) is 18.5. The lowest BCUT2D eigenvalue weighted by Crippen LogP contribution is -2.38. The van der Waals surface area contributed by atoms with E-state index in [0.29, 0.717) is 46.8 Å². The van der Waals surface area contributed by atoms with Crippen LogP contribution in [0.15, 0.2) is 72.8 Å². The average Bonchev–Trinajstić information content (AvgIpc) is 2.82. The van der Waals surface area contributed by atoms with E-state index in [2.05, 4.69) is 24.3 Å². The summed E-state index contributed by atoms with van der Waals surface area (Å²) in [5.41, 5.74) is 3.32. The molecule has 0 atom stereocenters. The van der Waals surface area contributed by atoms with E-state index in [0.717, 1.165) is 12.8 Å². The van der Waals surface area contributed by atoms with Gasteiger partial charge in [-0.2, -0.15) is 0 Å². The molecule has 0 unspecified atom stereocenters. The highest BCUT2D eigenvalue weighted by Gasteiger charge is 2.31. The number of hydrogen-bond donors (Lipinski definition) is 0. The van der Waals surface area contributed by atoms with Crippen molar-refractivity contribution in [2.24, 2.45) is 0 Å². The van der Waals surface area contributed by atoms with Gasteiger partial charge in [0.25, 0.3) is 5.91 Å². The van der Waals surface area contributed by atoms with Crippen molar-refractivity contribution in [1.82, 2.24) is 4.90 Å². The molecule has 1 amide bonds. The summed E-state index contributed by atoms with van der Waals surface area (Å²) in [5.74, 6) is 0.0263. The van der Waals surface area contributed by atoms with E-state index in [1.54, 1.807) is 42.5 Å². The largest absolute Gasteiger partial charge is 0.339 e. The Bertz CT molecular complexity index is 1160. The van der Waals surface area contributed by atoms with E-state index in [9.17, 15) is 14.4 Å². The predicted octanol–water partition coefficient (Wildman–Crippen LogP) is 4.48. The van der Waals surface area contributed by atoms with Crippen molar-refractivity contribution in [2.45, 2.75) is 18.8 Å². The summed E-state index contributed by atoms with van der Waals surface area (Å²) >= 11 is 0. The summed E-state index contributed by atoms with van der Waals surface area (Å²) < 4.78 is 0. The predicted molar refractivity (Wildman–Crippen MR) is 114 cm³/mol. The molecule has 148 valence electrons. The van der Waals surface area contributed by atoms with Crippen LogP contribution in [0.25, 0.3) is 0 Å². The minimum atomic E-state index is -0.197. The third-order valence-corrected chi connectivity index (χ3v) is 6.23. The number of likely N-dealkylation sites (tertiary alicyclic amines) is 1. The zero-order valence-corrected chi connectivity index (χ0v) is 16.5. The van der Waals surface area contributed by atoms with E-state index in [1.165, 1.54) is 5.56 Å². The van der Waals surface area contributed by atoms with Gasteiger partial charge < -0.3 is 4.90 Å². The summed E-state index contributed by atoms with van der Waals surface area (Å²) in [6.45, 7) is 1.37. The second kappa shape index (κ2) is 7.38. The van der Waals surface area contributed by atoms with Gasteiger partial charge in [-0.25, -0.2) is 0 Å². The standard InChI is InChI=1S/C26H21NO3/c28-24-20-8-4-5-9-21(20)25(29)23-16-19(10-11-22(23)24)26(30)27-14-12-18(13-15-27)17-6-2-1-3-7-17/h1-11,16,18H,12-15H2. The lowest BCUT2D eigenvalue weighted by molar-refractivity contribution is 0.0712. The van der Waals surface area contributed by atoms with Gasteiger partial charge in [0.2, 0.25) is 0 Å². The molecule has 1 aliphatic heterocycles. The zero-order chi connectivity index (χ0) is 20.7. The van der Waals surface area contributed by atoms with Crippen LogP contribution in [0.4, 0.5) is 0 Å². The molecule has 30 heavy (non-hydrogen) atoms. The van der Waals surface area contributed by atoms with Gasteiger partial charge in [-0.05, 0) is 42.5 Å². The zero-order valence-electron chi connectivity index (χ0n) is 16.5. The molecule has 0 saturated carbocycles. The Labute approximate surface area is 175 Å². The molecule has 1 aliphatic carbocycles. The second-order valence-electron chi connectivity index (χ2n) is 7.94. The molecular weight excluding hydrogens is 374 g/mol. The van der Waals surface area contributed by atoms with Gasteiger partial charge in [0.05, 0.1) is 0 Å². The van der Waals surface area contributed by atoms with Gasteiger partial charge in [-0.1, -0.05) is 54.6 Å². The van der Waals surface area contributed by atoms with Crippen LogP contribution in [0, 0.1) is 0 Å². The monoisotopic (exact) mass is 395 g/mol. The fraction of sp³-hybridized carbons (Fsp3) is 0.192. The highest BCUT2D eigenvalue weighted by atomic mass is 16.2. The highest BCUT2D eigenvalue weighted by Crippen LogP contribution is 2.30. The Balaban J connectivity index is 1.37. The molecule has 4 nitrogen and oxygen atoms in total. The molecule has 0 bridgehead atoms. The third-order valence-electron chi connectivity index (χ3n) is 6.23. The fourth-order valence-corrected chi connectivity index (χ4v) is 4.56. The molecule has 1 fully saturated rings. The Hall–Kier alpha value is -3.53. The van der Waals surface area contributed by atoms with Crippen molar-refractivity contribution in [2.75, 3.05) is 13.1 Å². The van der Waals surface area contributed by atoms with Gasteiger partial charge in [0.15, 0.2) is 11.6 Å². The number of fused-ring (bicyclic) bond motifs is 2. The topological polar surface area (TPSA) is 54.5 Å². The summed E-state index contributed by atoms with van der Waals surface area (Å²) in [6.07, 6.45) is 1.84. The van der Waals surface area contributed by atoms with E-state index < -0.39 is 0 Å². The van der Waals surface area contributed by atoms with Gasteiger partial charge in [-0.15, -0.1) is 0 Å². The number of carbonyl (C=O) groups excluding carboxylic acids is 3. The summed E-state index contributed by atoms with van der Waals surface area (Å²) in [7, 11) is 0. The number of piperidine rings is 1. The minimum Gasteiger partial charge on any atom is -0.339 e. The van der Waals surface area contributed by atoms with Crippen LogP contribution >= 0.6 is 0 Å². The van der Waals surface area contributed by atoms with Gasteiger partial charge in [0.1, 0.15) is 0 Å². The van der Waals surface area contributed by atoms with Crippen LogP contribution in [0.1, 0.15) is 66.5 Å². The molecule has 1 saturated heterocycles. The van der Waals surface area contributed by atoms with E-state index in [4.69, 9.17) is 0 Å². The van der Waals surface area contributed by atoms with Crippen LogP contribution in [-0.4, -0.2) is 35.5 Å². The molecule has 0 radical (unpaired) electrons. The third kappa shape index (κ3) is 3.05. The summed E-state index contributed by atoms with van der Waals surface area (Å²) in [4.78, 5) is 40.6. The number of nitrogens with zero attached hydrogens (tertiary/aromatic N) is 1. The molecule has 3 aromatic carbocycles. The van der Waals surface area contributed by atoms with Gasteiger partial charge in [-0.3, -0.25) is 14.4 Å². The first-order chi connectivity index (χ1) is 14.6. The van der Waals surface area contributed by atoms with Crippen LogP contribution in [0.3, 0.4) is 0 Å². The van der Waals surface area contributed by atoms with E-state index >= 15 is 0 Å². The number of hydrogen-bond acceptors (Lipinski definition) is 3.